The third-order valence-corrected chi connectivity index (χ3v) is 3.68. The second kappa shape index (κ2) is 11.6. The molecule has 6 nitrogen and oxygen atoms in total. The van der Waals surface area contributed by atoms with Crippen molar-refractivity contribution in [2.75, 3.05) is 14.2 Å². The Bertz CT molecular complexity index is 828. The van der Waals surface area contributed by atoms with E-state index in [0.717, 1.165) is 0 Å². The normalized spacial score (nSPS) is 10.6. The molecule has 0 amide bonds. The number of ether oxygens (including phenoxy) is 2. The summed E-state index contributed by atoms with van der Waals surface area (Å²) in [4.78, 5) is 23.9. The monoisotopic (exact) mass is 508 g/mol. The van der Waals surface area contributed by atoms with Crippen molar-refractivity contribution in [2.24, 2.45) is 0 Å². The Hall–Kier alpha value is -2.16. The Morgan fingerprint density at radius 1 is 0.821 bits per heavy atom. The molecule has 0 saturated heterocycles. The average molecular weight is 509 g/mol. The molecule has 2 N–H and O–H groups in total. The van der Waals surface area contributed by atoms with Crippen LogP contribution in [0.4, 0.5) is 0 Å². The minimum Gasteiger partial charge on any atom is -0.504 e. The van der Waals surface area contributed by atoms with Gasteiger partial charge >= 0.3 is 0 Å². The summed E-state index contributed by atoms with van der Waals surface area (Å²) in [5, 5.41) is 19.1. The second-order valence-corrected chi connectivity index (χ2v) is 5.64. The Morgan fingerprint density at radius 3 is 1.57 bits per heavy atom. The summed E-state index contributed by atoms with van der Waals surface area (Å²) in [5.74, 6) is -0.0832. The van der Waals surface area contributed by atoms with Gasteiger partial charge in [-0.2, -0.15) is 0 Å². The molecule has 28 heavy (non-hydrogen) atoms. The fourth-order valence-electron chi connectivity index (χ4n) is 2.26. The summed E-state index contributed by atoms with van der Waals surface area (Å²) < 4.78 is 10.00. The molecule has 2 aromatic carbocycles. The molecule has 7 heteroatoms. The Labute approximate surface area is 196 Å². The SMILES string of the molecule is COc1cc(/C=C/C(=O)CC(=O)/C=C/c2ccc(O)c(OC)c2)ccc1O.[Ce]. The number of carbonyl (C=O) groups excluding carboxylic acids is 2. The van der Waals surface area contributed by atoms with Crippen molar-refractivity contribution >= 4 is 23.7 Å². The molecule has 0 radical (unpaired) electrons. The largest absolute Gasteiger partial charge is 0.504 e. The maximum atomic E-state index is 11.9. The summed E-state index contributed by atoms with van der Waals surface area (Å²) in [5.41, 5.74) is 1.33. The van der Waals surface area contributed by atoms with Crippen LogP contribution in [0.15, 0.2) is 48.6 Å². The molecular weight excluding hydrogens is 488 g/mol. The van der Waals surface area contributed by atoms with E-state index in [1.54, 1.807) is 36.4 Å². The number of aromatic hydroxyl groups is 2. The average Bonchev–Trinajstić information content (AvgIpc) is 2.66. The van der Waals surface area contributed by atoms with Gasteiger partial charge in [0, 0.05) is 41.7 Å². The number of phenols is 2. The van der Waals surface area contributed by atoms with E-state index in [0.29, 0.717) is 22.6 Å². The van der Waals surface area contributed by atoms with Gasteiger partial charge in [-0.05, 0) is 47.5 Å². The maximum absolute atomic E-state index is 11.9. The van der Waals surface area contributed by atoms with E-state index in [4.69, 9.17) is 9.47 Å². The number of methoxy groups -OCH3 is 2. The van der Waals surface area contributed by atoms with Gasteiger partial charge in [0.15, 0.2) is 34.6 Å². The molecule has 0 aliphatic rings. The van der Waals surface area contributed by atoms with Crippen molar-refractivity contribution < 1.29 is 71.0 Å². The topological polar surface area (TPSA) is 93.1 Å². The van der Waals surface area contributed by atoms with Crippen LogP contribution in [-0.4, -0.2) is 36.0 Å². The molecule has 144 valence electrons. The van der Waals surface area contributed by atoms with Crippen molar-refractivity contribution in [3.63, 3.8) is 0 Å². The van der Waals surface area contributed by atoms with Crippen molar-refractivity contribution in [3.05, 3.63) is 59.7 Å². The molecule has 0 spiro atoms. The Morgan fingerprint density at radius 2 is 1.21 bits per heavy atom. The zero-order valence-corrected chi connectivity index (χ0v) is 18.6. The summed E-state index contributed by atoms with van der Waals surface area (Å²) in [6.45, 7) is 0. The smallest absolute Gasteiger partial charge is 0.163 e. The molecule has 0 heterocycles. The van der Waals surface area contributed by atoms with Crippen molar-refractivity contribution in [1.82, 2.24) is 0 Å². The summed E-state index contributed by atoms with van der Waals surface area (Å²) in [6.07, 6.45) is 5.44. The minimum atomic E-state index is -0.347. The maximum Gasteiger partial charge on any atom is 0.163 e. The van der Waals surface area contributed by atoms with Gasteiger partial charge in [-0.1, -0.05) is 24.3 Å². The zero-order chi connectivity index (χ0) is 19.8. The first-order valence-electron chi connectivity index (χ1n) is 8.08. The third-order valence-electron chi connectivity index (χ3n) is 3.68. The van der Waals surface area contributed by atoms with E-state index in [1.165, 1.54) is 38.5 Å². The molecule has 0 aliphatic carbocycles. The van der Waals surface area contributed by atoms with Gasteiger partial charge in [0.05, 0.1) is 20.6 Å². The number of benzene rings is 2. The third kappa shape index (κ3) is 7.10. The van der Waals surface area contributed by atoms with E-state index in [-0.39, 0.29) is 71.2 Å². The van der Waals surface area contributed by atoms with Crippen molar-refractivity contribution in [2.45, 2.75) is 6.42 Å². The van der Waals surface area contributed by atoms with Gasteiger partial charge < -0.3 is 19.7 Å². The predicted octanol–water partition coefficient (Wildman–Crippen LogP) is 3.37. The number of hydrogen-bond acceptors (Lipinski definition) is 6. The van der Waals surface area contributed by atoms with Gasteiger partial charge in [0.1, 0.15) is 0 Å². The van der Waals surface area contributed by atoms with E-state index < -0.39 is 0 Å². The van der Waals surface area contributed by atoms with Crippen LogP contribution in [0.25, 0.3) is 12.2 Å². The predicted molar refractivity (Wildman–Crippen MR) is 102 cm³/mol. The molecule has 0 atom stereocenters. The number of hydrogen-bond donors (Lipinski definition) is 2. The van der Waals surface area contributed by atoms with Crippen LogP contribution in [-0.2, 0) is 9.59 Å². The fraction of sp³-hybridized carbons (Fsp3) is 0.143. The molecule has 0 aliphatic heterocycles. The first kappa shape index (κ1) is 23.9. The van der Waals surface area contributed by atoms with Gasteiger partial charge in [-0.25, -0.2) is 0 Å². The van der Waals surface area contributed by atoms with E-state index in [9.17, 15) is 19.8 Å². The van der Waals surface area contributed by atoms with Crippen LogP contribution >= 0.6 is 0 Å². The van der Waals surface area contributed by atoms with Crippen LogP contribution in [0.2, 0.25) is 0 Å². The molecular formula is C21H20CeO6. The summed E-state index contributed by atoms with van der Waals surface area (Å²) in [7, 11) is 2.87. The standard InChI is InChI=1S/C21H20O6.Ce/c1-26-20-11-14(5-9-18(20)24)3-7-16(22)13-17(23)8-4-15-6-10-19(25)21(12-15)27-2;/h3-12,24-25H,13H2,1-2H3;/b7-3+,8-4+;. The first-order valence-corrected chi connectivity index (χ1v) is 8.08. The quantitative estimate of drug-likeness (QED) is 0.420. The Balaban J connectivity index is 0.00000392. The molecule has 0 bridgehead atoms. The number of carbonyl (C=O) groups is 2. The first-order chi connectivity index (χ1) is 12.9. The van der Waals surface area contributed by atoms with Crippen LogP contribution in [0, 0.1) is 41.7 Å². The molecule has 2 rings (SSSR count). The molecule has 0 fully saturated rings. The van der Waals surface area contributed by atoms with Crippen LogP contribution < -0.4 is 9.47 Å². The van der Waals surface area contributed by atoms with Crippen LogP contribution in [0.3, 0.4) is 0 Å². The van der Waals surface area contributed by atoms with Crippen molar-refractivity contribution in [1.29, 1.82) is 0 Å². The number of ketones is 2. The molecule has 0 unspecified atom stereocenters. The van der Waals surface area contributed by atoms with Crippen LogP contribution in [0.1, 0.15) is 17.5 Å². The number of phenolic OH excluding ortho intramolecular Hbond substituents is 2. The zero-order valence-electron chi connectivity index (χ0n) is 15.5. The van der Waals surface area contributed by atoms with Gasteiger partial charge in [-0.3, -0.25) is 9.59 Å². The Kier molecular flexibility index (Phi) is 9.92. The van der Waals surface area contributed by atoms with Crippen molar-refractivity contribution in [3.8, 4) is 23.0 Å². The number of rotatable bonds is 8. The van der Waals surface area contributed by atoms with E-state index in [1.807, 2.05) is 0 Å². The molecule has 2 aromatic rings. The summed E-state index contributed by atoms with van der Waals surface area (Å²) >= 11 is 0. The minimum absolute atomic E-state index is 0. The molecule has 0 aromatic heterocycles. The molecule has 0 saturated carbocycles. The van der Waals surface area contributed by atoms with Gasteiger partial charge in [-0.15, -0.1) is 0 Å². The second-order valence-electron chi connectivity index (χ2n) is 5.64. The van der Waals surface area contributed by atoms with E-state index >= 15 is 0 Å². The van der Waals surface area contributed by atoms with Crippen LogP contribution in [0.5, 0.6) is 23.0 Å². The fourth-order valence-corrected chi connectivity index (χ4v) is 2.26. The van der Waals surface area contributed by atoms with E-state index in [2.05, 4.69) is 0 Å². The number of allylic oxidation sites excluding steroid dienone is 2. The van der Waals surface area contributed by atoms with Gasteiger partial charge in [0.2, 0.25) is 0 Å². The summed E-state index contributed by atoms with van der Waals surface area (Å²) in [6, 6.07) is 9.34. The van der Waals surface area contributed by atoms with Gasteiger partial charge in [0.25, 0.3) is 0 Å².